The number of para-hydroxylation sites is 1. The highest BCUT2D eigenvalue weighted by Crippen LogP contribution is 2.22. The van der Waals surface area contributed by atoms with Crippen LogP contribution in [-0.4, -0.2) is 19.5 Å². The molecule has 3 nitrogen and oxygen atoms in total. The van der Waals surface area contributed by atoms with Gasteiger partial charge in [-0.3, -0.25) is 4.79 Å². The minimum Gasteiger partial charge on any atom is -0.384 e. The van der Waals surface area contributed by atoms with Gasteiger partial charge in [-0.15, -0.1) is 0 Å². The number of carbonyl (C=O) groups is 1. The number of aryl methyl sites for hydroxylation is 1. The van der Waals surface area contributed by atoms with Crippen molar-refractivity contribution >= 4 is 17.3 Å². The molecule has 1 N–H and O–H groups in total. The normalized spacial score (nSPS) is 10.2. The maximum Gasteiger partial charge on any atom is 0.260 e. The molecule has 0 heterocycles. The molecule has 0 atom stereocenters. The third-order valence-corrected chi connectivity index (χ3v) is 3.42. The van der Waals surface area contributed by atoms with E-state index in [2.05, 4.69) is 12.2 Å². The lowest BCUT2D eigenvalue weighted by atomic mass is 10.1. The molecule has 0 aliphatic carbocycles. The van der Waals surface area contributed by atoms with Crippen LogP contribution in [0.2, 0.25) is 0 Å². The highest BCUT2D eigenvalue weighted by molar-refractivity contribution is 6.09. The molecule has 0 unspecified atom stereocenters. The molecule has 2 aromatic carbocycles. The monoisotopic (exact) mass is 282 g/mol. The summed E-state index contributed by atoms with van der Waals surface area (Å²) in [6.45, 7) is 4.97. The van der Waals surface area contributed by atoms with E-state index in [9.17, 15) is 4.79 Å². The number of nitrogens with one attached hydrogen (secondary N) is 1. The van der Waals surface area contributed by atoms with Gasteiger partial charge in [0, 0.05) is 25.0 Å². The minimum absolute atomic E-state index is 0.00324. The van der Waals surface area contributed by atoms with Crippen molar-refractivity contribution in [2.75, 3.05) is 23.8 Å². The van der Waals surface area contributed by atoms with E-state index >= 15 is 0 Å². The van der Waals surface area contributed by atoms with Gasteiger partial charge in [0.25, 0.3) is 5.91 Å². The zero-order chi connectivity index (χ0) is 15.2. The summed E-state index contributed by atoms with van der Waals surface area (Å²) in [6, 6.07) is 15.6. The van der Waals surface area contributed by atoms with Crippen LogP contribution in [0.25, 0.3) is 0 Å². The molecule has 1 amide bonds. The van der Waals surface area contributed by atoms with Crippen LogP contribution in [0.15, 0.2) is 48.5 Å². The Balaban J connectivity index is 2.31. The quantitative estimate of drug-likeness (QED) is 0.895. The number of carbonyl (C=O) groups excluding carboxylic acids is 1. The van der Waals surface area contributed by atoms with Crippen molar-refractivity contribution in [2.24, 2.45) is 0 Å². The van der Waals surface area contributed by atoms with E-state index in [-0.39, 0.29) is 5.91 Å². The van der Waals surface area contributed by atoms with Gasteiger partial charge < -0.3 is 10.2 Å². The molecule has 0 spiro atoms. The average Bonchev–Trinajstić information content (AvgIpc) is 2.53. The van der Waals surface area contributed by atoms with Crippen molar-refractivity contribution in [3.8, 4) is 0 Å². The van der Waals surface area contributed by atoms with Crippen molar-refractivity contribution in [3.63, 3.8) is 0 Å². The molecule has 0 bridgehead atoms. The third kappa shape index (κ3) is 3.63. The lowest BCUT2D eigenvalue weighted by Gasteiger charge is -2.20. The van der Waals surface area contributed by atoms with Crippen LogP contribution in [0.3, 0.4) is 0 Å². The molecule has 0 fully saturated rings. The first-order valence-corrected chi connectivity index (χ1v) is 7.31. The van der Waals surface area contributed by atoms with Gasteiger partial charge in [0.05, 0.1) is 5.56 Å². The lowest BCUT2D eigenvalue weighted by molar-refractivity contribution is 0.0993. The molecule has 2 rings (SSSR count). The average molecular weight is 282 g/mol. The Morgan fingerprint density at radius 2 is 1.86 bits per heavy atom. The van der Waals surface area contributed by atoms with Crippen LogP contribution in [0.5, 0.6) is 0 Å². The van der Waals surface area contributed by atoms with Crippen LogP contribution in [0.1, 0.15) is 29.3 Å². The molecule has 21 heavy (non-hydrogen) atoms. The van der Waals surface area contributed by atoms with Crippen molar-refractivity contribution in [1.82, 2.24) is 0 Å². The number of hydrogen-bond acceptors (Lipinski definition) is 2. The first-order chi connectivity index (χ1) is 10.1. The minimum atomic E-state index is 0.00324. The molecule has 0 saturated carbocycles. The summed E-state index contributed by atoms with van der Waals surface area (Å²) in [7, 11) is 1.81. The summed E-state index contributed by atoms with van der Waals surface area (Å²) in [5.74, 6) is 0.00324. The topological polar surface area (TPSA) is 32.3 Å². The fourth-order valence-electron chi connectivity index (χ4n) is 2.20. The van der Waals surface area contributed by atoms with Crippen LogP contribution in [0.4, 0.5) is 11.4 Å². The van der Waals surface area contributed by atoms with Gasteiger partial charge in [-0.05, 0) is 37.6 Å². The first kappa shape index (κ1) is 15.1. The van der Waals surface area contributed by atoms with Crippen molar-refractivity contribution < 1.29 is 4.79 Å². The zero-order valence-corrected chi connectivity index (χ0v) is 12.9. The van der Waals surface area contributed by atoms with Crippen molar-refractivity contribution in [1.29, 1.82) is 0 Å². The highest BCUT2D eigenvalue weighted by Gasteiger charge is 2.17. The van der Waals surface area contributed by atoms with Gasteiger partial charge in [0.2, 0.25) is 0 Å². The number of rotatable bonds is 5. The largest absolute Gasteiger partial charge is 0.384 e. The Bertz CT molecular complexity index is 608. The third-order valence-electron chi connectivity index (χ3n) is 3.42. The van der Waals surface area contributed by atoms with Crippen LogP contribution in [0, 0.1) is 6.92 Å². The Labute approximate surface area is 126 Å². The molecule has 0 radical (unpaired) electrons. The number of amides is 1. The Morgan fingerprint density at radius 3 is 2.52 bits per heavy atom. The second-order valence-corrected chi connectivity index (χ2v) is 5.18. The molecule has 3 heteroatoms. The van der Waals surface area contributed by atoms with Gasteiger partial charge in [-0.2, -0.15) is 0 Å². The van der Waals surface area contributed by atoms with Gasteiger partial charge in [-0.25, -0.2) is 0 Å². The van der Waals surface area contributed by atoms with Gasteiger partial charge >= 0.3 is 0 Å². The van der Waals surface area contributed by atoms with Crippen molar-refractivity contribution in [3.05, 3.63) is 59.7 Å². The summed E-state index contributed by atoms with van der Waals surface area (Å²) in [6.07, 6.45) is 1.02. The summed E-state index contributed by atoms with van der Waals surface area (Å²) in [5, 5.41) is 3.33. The Morgan fingerprint density at radius 1 is 1.14 bits per heavy atom. The number of hydrogen-bond donors (Lipinski definition) is 1. The number of benzene rings is 2. The summed E-state index contributed by atoms with van der Waals surface area (Å²) in [4.78, 5) is 14.5. The van der Waals surface area contributed by atoms with Gasteiger partial charge in [-0.1, -0.05) is 36.8 Å². The summed E-state index contributed by atoms with van der Waals surface area (Å²) in [5.41, 5.74) is 3.59. The van der Waals surface area contributed by atoms with Crippen LogP contribution in [-0.2, 0) is 0 Å². The fourth-order valence-corrected chi connectivity index (χ4v) is 2.20. The van der Waals surface area contributed by atoms with Gasteiger partial charge in [0.15, 0.2) is 0 Å². The molecule has 0 aliphatic rings. The van der Waals surface area contributed by atoms with E-state index in [0.717, 1.165) is 35.5 Å². The van der Waals surface area contributed by atoms with E-state index in [0.29, 0.717) is 0 Å². The predicted molar refractivity (Wildman–Crippen MR) is 89.1 cm³/mol. The number of nitrogens with zero attached hydrogens (tertiary/aromatic N) is 1. The van der Waals surface area contributed by atoms with E-state index in [1.54, 1.807) is 4.90 Å². The number of anilines is 2. The fraction of sp³-hybridized carbons (Fsp3) is 0.278. The molecule has 110 valence electrons. The van der Waals surface area contributed by atoms with Crippen LogP contribution >= 0.6 is 0 Å². The van der Waals surface area contributed by atoms with Gasteiger partial charge in [0.1, 0.15) is 0 Å². The smallest absolute Gasteiger partial charge is 0.260 e. The van der Waals surface area contributed by atoms with E-state index in [1.165, 1.54) is 0 Å². The Kier molecular flexibility index (Phi) is 4.99. The molecule has 0 saturated heterocycles. The maximum atomic E-state index is 12.8. The molecule has 2 aromatic rings. The zero-order valence-electron chi connectivity index (χ0n) is 12.9. The van der Waals surface area contributed by atoms with E-state index in [1.807, 2.05) is 62.5 Å². The maximum absolute atomic E-state index is 12.8. The lowest BCUT2D eigenvalue weighted by Crippen LogP contribution is -2.27. The second kappa shape index (κ2) is 6.93. The molecular formula is C18H22N2O. The molecule has 0 aromatic heterocycles. The van der Waals surface area contributed by atoms with E-state index in [4.69, 9.17) is 0 Å². The van der Waals surface area contributed by atoms with E-state index < -0.39 is 0 Å². The molecular weight excluding hydrogens is 260 g/mol. The predicted octanol–water partition coefficient (Wildman–Crippen LogP) is 4.09. The van der Waals surface area contributed by atoms with Crippen LogP contribution < -0.4 is 10.2 Å². The second-order valence-electron chi connectivity index (χ2n) is 5.18. The SMILES string of the molecule is CCCNc1ccc(C)cc1C(=O)N(C)c1ccccc1. The molecule has 0 aliphatic heterocycles. The van der Waals surface area contributed by atoms with Crippen molar-refractivity contribution in [2.45, 2.75) is 20.3 Å². The standard InChI is InChI=1S/C18H22N2O/c1-4-12-19-17-11-10-14(2)13-16(17)18(21)20(3)15-8-6-5-7-9-15/h5-11,13,19H,4,12H2,1-3H3. The first-order valence-electron chi connectivity index (χ1n) is 7.31. The summed E-state index contributed by atoms with van der Waals surface area (Å²) < 4.78 is 0. The summed E-state index contributed by atoms with van der Waals surface area (Å²) >= 11 is 0. The highest BCUT2D eigenvalue weighted by atomic mass is 16.2. The Hall–Kier alpha value is -2.29.